The third kappa shape index (κ3) is 2.49. The normalized spacial score (nSPS) is 11.1. The van der Waals surface area contributed by atoms with Crippen LogP contribution in [0.1, 0.15) is 11.3 Å². The van der Waals surface area contributed by atoms with Crippen LogP contribution in [-0.4, -0.2) is 16.4 Å². The highest BCUT2D eigenvalue weighted by Gasteiger charge is 2.04. The monoisotopic (exact) mass is 262 g/mol. The van der Waals surface area contributed by atoms with Crippen LogP contribution >= 0.6 is 0 Å². The van der Waals surface area contributed by atoms with Gasteiger partial charge in [0.1, 0.15) is 0 Å². The maximum Gasteiger partial charge on any atom is 0.176 e. The van der Waals surface area contributed by atoms with E-state index in [4.69, 9.17) is 0 Å². The van der Waals surface area contributed by atoms with Gasteiger partial charge in [-0.05, 0) is 12.5 Å². The van der Waals surface area contributed by atoms with E-state index in [2.05, 4.69) is 20.7 Å². The molecule has 0 aliphatic rings. The first-order valence-corrected chi connectivity index (χ1v) is 6.41. The molecule has 1 heterocycles. The Bertz CT molecular complexity index is 751. The van der Waals surface area contributed by atoms with E-state index >= 15 is 0 Å². The minimum absolute atomic E-state index is 0.665. The predicted octanol–water partition coefficient (Wildman–Crippen LogP) is 3.38. The zero-order valence-corrected chi connectivity index (χ0v) is 11.1. The van der Waals surface area contributed by atoms with E-state index in [0.717, 1.165) is 22.0 Å². The number of aryl methyl sites for hydroxylation is 1. The van der Waals surface area contributed by atoms with Crippen LogP contribution in [0.4, 0.5) is 5.82 Å². The van der Waals surface area contributed by atoms with Crippen molar-refractivity contribution in [3.8, 4) is 0 Å². The van der Waals surface area contributed by atoms with Gasteiger partial charge in [-0.2, -0.15) is 10.2 Å². The van der Waals surface area contributed by atoms with E-state index in [9.17, 15) is 0 Å². The number of fused-ring (bicyclic) bond motifs is 1. The van der Waals surface area contributed by atoms with Gasteiger partial charge >= 0.3 is 0 Å². The molecule has 0 aliphatic heterocycles. The summed E-state index contributed by atoms with van der Waals surface area (Å²) in [6.45, 7) is 1.95. The molecule has 0 aliphatic carbocycles. The summed E-state index contributed by atoms with van der Waals surface area (Å²) in [6.07, 6.45) is 1.76. The van der Waals surface area contributed by atoms with Gasteiger partial charge in [-0.25, -0.2) is 0 Å². The highest BCUT2D eigenvalue weighted by atomic mass is 15.3. The van der Waals surface area contributed by atoms with Crippen LogP contribution < -0.4 is 5.43 Å². The van der Waals surface area contributed by atoms with Crippen LogP contribution in [0.25, 0.3) is 10.8 Å². The second-order valence-electron chi connectivity index (χ2n) is 4.46. The predicted molar refractivity (Wildman–Crippen MR) is 81.9 cm³/mol. The molecule has 98 valence electrons. The van der Waals surface area contributed by atoms with Crippen molar-refractivity contribution >= 4 is 22.8 Å². The van der Waals surface area contributed by atoms with Crippen LogP contribution in [0.2, 0.25) is 0 Å². The van der Waals surface area contributed by atoms with Crippen molar-refractivity contribution in [2.45, 2.75) is 6.92 Å². The third-order valence-electron chi connectivity index (χ3n) is 3.06. The second kappa shape index (κ2) is 5.48. The summed E-state index contributed by atoms with van der Waals surface area (Å²) in [6, 6.07) is 17.9. The Hall–Kier alpha value is -2.75. The van der Waals surface area contributed by atoms with Crippen molar-refractivity contribution in [1.82, 2.24) is 10.2 Å². The van der Waals surface area contributed by atoms with Gasteiger partial charge < -0.3 is 0 Å². The van der Waals surface area contributed by atoms with E-state index in [0.29, 0.717) is 5.82 Å². The summed E-state index contributed by atoms with van der Waals surface area (Å²) in [5.41, 5.74) is 4.91. The van der Waals surface area contributed by atoms with Gasteiger partial charge in [0.2, 0.25) is 0 Å². The highest BCUT2D eigenvalue weighted by Crippen LogP contribution is 2.21. The van der Waals surface area contributed by atoms with Gasteiger partial charge in [0.05, 0.1) is 11.9 Å². The Kier molecular flexibility index (Phi) is 3.37. The Morgan fingerprint density at radius 1 is 0.900 bits per heavy atom. The molecule has 0 saturated heterocycles. The number of aromatic nitrogens is 2. The zero-order chi connectivity index (χ0) is 13.8. The van der Waals surface area contributed by atoms with Crippen molar-refractivity contribution in [1.29, 1.82) is 0 Å². The highest BCUT2D eigenvalue weighted by molar-refractivity contribution is 5.93. The van der Waals surface area contributed by atoms with Crippen molar-refractivity contribution in [3.63, 3.8) is 0 Å². The van der Waals surface area contributed by atoms with Gasteiger partial charge in [0.25, 0.3) is 0 Å². The quantitative estimate of drug-likeness (QED) is 0.581. The molecule has 0 amide bonds. The summed E-state index contributed by atoms with van der Waals surface area (Å²) in [5.74, 6) is 0.665. The molecule has 0 radical (unpaired) electrons. The first-order valence-electron chi connectivity index (χ1n) is 6.41. The van der Waals surface area contributed by atoms with E-state index in [1.54, 1.807) is 6.21 Å². The third-order valence-corrected chi connectivity index (χ3v) is 3.06. The Morgan fingerprint density at radius 3 is 2.40 bits per heavy atom. The molecule has 0 saturated carbocycles. The maximum atomic E-state index is 4.21. The topological polar surface area (TPSA) is 50.2 Å². The van der Waals surface area contributed by atoms with Crippen molar-refractivity contribution in [2.24, 2.45) is 5.10 Å². The average molecular weight is 262 g/mol. The van der Waals surface area contributed by atoms with E-state index in [-0.39, 0.29) is 0 Å². The molecule has 0 spiro atoms. The molecule has 0 atom stereocenters. The minimum atomic E-state index is 0.665. The number of nitrogens with one attached hydrogen (secondary N) is 1. The molecule has 0 bridgehead atoms. The number of anilines is 1. The van der Waals surface area contributed by atoms with Gasteiger partial charge in [-0.3, -0.25) is 5.43 Å². The Balaban J connectivity index is 1.89. The number of hydrazone groups is 1. The largest absolute Gasteiger partial charge is 0.259 e. The SMILES string of the molecule is Cc1nnc(N/N=C/c2ccccc2)c2ccccc12. The van der Waals surface area contributed by atoms with Gasteiger partial charge in [0.15, 0.2) is 5.82 Å². The molecule has 4 nitrogen and oxygen atoms in total. The molecule has 20 heavy (non-hydrogen) atoms. The lowest BCUT2D eigenvalue weighted by Gasteiger charge is -2.05. The lowest BCUT2D eigenvalue weighted by Crippen LogP contribution is -1.98. The number of nitrogens with zero attached hydrogens (tertiary/aromatic N) is 3. The molecule has 3 aromatic rings. The van der Waals surface area contributed by atoms with E-state index in [1.165, 1.54) is 0 Å². The Morgan fingerprint density at radius 2 is 1.60 bits per heavy atom. The van der Waals surface area contributed by atoms with Crippen LogP contribution in [-0.2, 0) is 0 Å². The van der Waals surface area contributed by atoms with Crippen molar-refractivity contribution in [3.05, 3.63) is 65.9 Å². The molecule has 1 N–H and O–H groups in total. The zero-order valence-electron chi connectivity index (χ0n) is 11.1. The van der Waals surface area contributed by atoms with Gasteiger partial charge in [-0.15, -0.1) is 5.10 Å². The summed E-state index contributed by atoms with van der Waals surface area (Å²) in [4.78, 5) is 0. The average Bonchev–Trinajstić information content (AvgIpc) is 2.51. The lowest BCUT2D eigenvalue weighted by atomic mass is 10.1. The molecule has 0 unspecified atom stereocenters. The first kappa shape index (κ1) is 12.3. The molecule has 1 aromatic heterocycles. The number of rotatable bonds is 3. The van der Waals surface area contributed by atoms with E-state index < -0.39 is 0 Å². The maximum absolute atomic E-state index is 4.21. The smallest absolute Gasteiger partial charge is 0.176 e. The van der Waals surface area contributed by atoms with Crippen LogP contribution in [0, 0.1) is 6.92 Å². The fourth-order valence-corrected chi connectivity index (χ4v) is 2.03. The van der Waals surface area contributed by atoms with Crippen molar-refractivity contribution in [2.75, 3.05) is 5.43 Å². The molecule has 0 fully saturated rings. The number of benzene rings is 2. The summed E-state index contributed by atoms with van der Waals surface area (Å²) < 4.78 is 0. The lowest BCUT2D eigenvalue weighted by molar-refractivity contribution is 0.997. The van der Waals surface area contributed by atoms with Gasteiger partial charge in [0, 0.05) is 10.8 Å². The van der Waals surface area contributed by atoms with E-state index in [1.807, 2.05) is 61.5 Å². The second-order valence-corrected chi connectivity index (χ2v) is 4.46. The fourth-order valence-electron chi connectivity index (χ4n) is 2.03. The molecular formula is C16H14N4. The summed E-state index contributed by atoms with van der Waals surface area (Å²) >= 11 is 0. The van der Waals surface area contributed by atoms with Crippen molar-refractivity contribution < 1.29 is 0 Å². The molecule has 2 aromatic carbocycles. The molecular weight excluding hydrogens is 248 g/mol. The number of hydrogen-bond acceptors (Lipinski definition) is 4. The van der Waals surface area contributed by atoms with Crippen LogP contribution in [0.3, 0.4) is 0 Å². The van der Waals surface area contributed by atoms with Crippen LogP contribution in [0.5, 0.6) is 0 Å². The summed E-state index contributed by atoms with van der Waals surface area (Å²) in [5, 5.41) is 14.6. The first-order chi connectivity index (χ1) is 9.84. The van der Waals surface area contributed by atoms with Gasteiger partial charge in [-0.1, -0.05) is 54.6 Å². The Labute approximate surface area is 117 Å². The van der Waals surface area contributed by atoms with Crippen LogP contribution in [0.15, 0.2) is 59.7 Å². The number of hydrogen-bond donors (Lipinski definition) is 1. The fraction of sp³-hybridized carbons (Fsp3) is 0.0625. The standard InChI is InChI=1S/C16H14N4/c1-12-14-9-5-6-10-15(14)16(20-18-12)19-17-11-13-7-3-2-4-8-13/h2-11H,1H3,(H,19,20)/b17-11+. The minimum Gasteiger partial charge on any atom is -0.259 e. The molecule has 3 rings (SSSR count). The summed E-state index contributed by atoms with van der Waals surface area (Å²) in [7, 11) is 0. The molecule has 4 heteroatoms.